The van der Waals surface area contributed by atoms with Crippen LogP contribution in [0.4, 0.5) is 11.4 Å². The van der Waals surface area contributed by atoms with Crippen LogP contribution in [0.15, 0.2) is 30.6 Å². The molecular formula is C27H37N7O5S. The fourth-order valence-corrected chi connectivity index (χ4v) is 4.19. The SMILES string of the molecule is COc1c(NC(=O)c2cnc(C)c(-n3cc(C(=O)NCC(C)(C)C)nn3)c2)cc(C(C)(C)C)cc1NS(C)(=O)=O. The van der Waals surface area contributed by atoms with Crippen LogP contribution in [0.5, 0.6) is 5.75 Å². The zero-order valence-electron chi connectivity index (χ0n) is 24.3. The summed E-state index contributed by atoms with van der Waals surface area (Å²) in [4.78, 5) is 30.2. The summed E-state index contributed by atoms with van der Waals surface area (Å²) >= 11 is 0. The van der Waals surface area contributed by atoms with Gasteiger partial charge in [-0.2, -0.15) is 0 Å². The first-order valence-corrected chi connectivity index (χ1v) is 14.5. The predicted molar refractivity (Wildman–Crippen MR) is 154 cm³/mol. The molecule has 2 heterocycles. The van der Waals surface area contributed by atoms with E-state index in [-0.39, 0.29) is 45.1 Å². The second kappa shape index (κ2) is 11.2. The molecule has 0 saturated carbocycles. The second-order valence-electron chi connectivity index (χ2n) is 11.8. The van der Waals surface area contributed by atoms with Crippen LogP contribution in [0.1, 0.15) is 73.6 Å². The van der Waals surface area contributed by atoms with E-state index in [0.717, 1.165) is 11.8 Å². The molecule has 1 aromatic carbocycles. The Bertz CT molecular complexity index is 1530. The molecule has 3 aromatic rings. The summed E-state index contributed by atoms with van der Waals surface area (Å²) in [6.07, 6.45) is 3.93. The maximum absolute atomic E-state index is 13.4. The van der Waals surface area contributed by atoms with Gasteiger partial charge < -0.3 is 15.4 Å². The second-order valence-corrected chi connectivity index (χ2v) is 13.6. The molecule has 0 atom stereocenters. The van der Waals surface area contributed by atoms with Crippen LogP contribution in [-0.4, -0.2) is 60.1 Å². The van der Waals surface area contributed by atoms with E-state index in [9.17, 15) is 18.0 Å². The Hall–Kier alpha value is -4.00. The number of amides is 2. The van der Waals surface area contributed by atoms with Gasteiger partial charge in [0.05, 0.1) is 47.9 Å². The van der Waals surface area contributed by atoms with Gasteiger partial charge in [0, 0.05) is 12.7 Å². The van der Waals surface area contributed by atoms with E-state index in [0.29, 0.717) is 17.9 Å². The molecular weight excluding hydrogens is 534 g/mol. The van der Waals surface area contributed by atoms with Crippen LogP contribution in [-0.2, 0) is 15.4 Å². The number of aromatic nitrogens is 4. The Kier molecular flexibility index (Phi) is 8.58. The van der Waals surface area contributed by atoms with Gasteiger partial charge in [0.25, 0.3) is 11.8 Å². The van der Waals surface area contributed by atoms with Gasteiger partial charge in [-0.3, -0.25) is 19.3 Å². The fourth-order valence-electron chi connectivity index (χ4n) is 3.64. The number of sulfonamides is 1. The van der Waals surface area contributed by atoms with Gasteiger partial charge in [0.15, 0.2) is 11.4 Å². The average molecular weight is 572 g/mol. The molecule has 2 aromatic heterocycles. The van der Waals surface area contributed by atoms with Crippen molar-refractivity contribution in [2.75, 3.05) is 29.9 Å². The average Bonchev–Trinajstić information content (AvgIpc) is 3.30. The van der Waals surface area contributed by atoms with Crippen LogP contribution >= 0.6 is 0 Å². The van der Waals surface area contributed by atoms with E-state index in [1.165, 1.54) is 24.2 Å². The number of benzene rings is 1. The molecule has 3 N–H and O–H groups in total. The predicted octanol–water partition coefficient (Wildman–Crippen LogP) is 3.68. The highest BCUT2D eigenvalue weighted by molar-refractivity contribution is 7.92. The van der Waals surface area contributed by atoms with Crippen LogP contribution in [0.3, 0.4) is 0 Å². The van der Waals surface area contributed by atoms with Crippen molar-refractivity contribution in [1.29, 1.82) is 0 Å². The van der Waals surface area contributed by atoms with Crippen molar-refractivity contribution in [3.8, 4) is 11.4 Å². The summed E-state index contributed by atoms with van der Waals surface area (Å²) in [6, 6.07) is 5.01. The molecule has 0 aliphatic rings. The van der Waals surface area contributed by atoms with E-state index < -0.39 is 15.9 Å². The number of hydrogen-bond donors (Lipinski definition) is 3. The van der Waals surface area contributed by atoms with Gasteiger partial charge >= 0.3 is 0 Å². The minimum absolute atomic E-state index is 0.0927. The van der Waals surface area contributed by atoms with Gasteiger partial charge in [-0.1, -0.05) is 46.8 Å². The lowest BCUT2D eigenvalue weighted by molar-refractivity contribution is 0.0933. The fraction of sp³-hybridized carbons (Fsp3) is 0.444. The van der Waals surface area contributed by atoms with Crippen molar-refractivity contribution in [1.82, 2.24) is 25.3 Å². The number of carbonyl (C=O) groups excluding carboxylic acids is 2. The quantitative estimate of drug-likeness (QED) is 0.370. The first-order chi connectivity index (χ1) is 18.4. The normalized spacial score (nSPS) is 12.1. The van der Waals surface area contributed by atoms with Crippen molar-refractivity contribution in [3.63, 3.8) is 0 Å². The first-order valence-electron chi connectivity index (χ1n) is 12.6. The number of aryl methyl sites for hydroxylation is 1. The molecule has 0 spiro atoms. The summed E-state index contributed by atoms with van der Waals surface area (Å²) < 4.78 is 33.4. The number of anilines is 2. The molecule has 0 radical (unpaired) electrons. The van der Waals surface area contributed by atoms with E-state index in [1.54, 1.807) is 25.1 Å². The lowest BCUT2D eigenvalue weighted by atomic mass is 9.86. The Labute approximate surface area is 235 Å². The van der Waals surface area contributed by atoms with Crippen molar-refractivity contribution in [2.45, 2.75) is 53.9 Å². The molecule has 2 amide bonds. The van der Waals surface area contributed by atoms with Crippen molar-refractivity contribution in [3.05, 3.63) is 53.1 Å². The zero-order chi connectivity index (χ0) is 30.0. The first kappa shape index (κ1) is 30.5. The van der Waals surface area contributed by atoms with E-state index >= 15 is 0 Å². The highest BCUT2D eigenvalue weighted by atomic mass is 32.2. The third-order valence-electron chi connectivity index (χ3n) is 5.78. The number of ether oxygens (including phenoxy) is 1. The van der Waals surface area contributed by atoms with Gasteiger partial charge in [0.2, 0.25) is 10.0 Å². The number of hydrogen-bond acceptors (Lipinski definition) is 8. The van der Waals surface area contributed by atoms with Gasteiger partial charge in [0.1, 0.15) is 0 Å². The largest absolute Gasteiger partial charge is 0.492 e. The molecule has 0 aliphatic carbocycles. The molecule has 0 unspecified atom stereocenters. The topological polar surface area (TPSA) is 157 Å². The summed E-state index contributed by atoms with van der Waals surface area (Å²) in [5, 5.41) is 13.7. The van der Waals surface area contributed by atoms with E-state index in [1.807, 2.05) is 41.5 Å². The molecule has 0 fully saturated rings. The number of nitrogens with one attached hydrogen (secondary N) is 3. The summed E-state index contributed by atoms with van der Waals surface area (Å²) in [5.41, 5.74) is 2.18. The van der Waals surface area contributed by atoms with Gasteiger partial charge in [-0.25, -0.2) is 13.1 Å². The third-order valence-corrected chi connectivity index (χ3v) is 6.37. The summed E-state index contributed by atoms with van der Waals surface area (Å²) in [6.45, 7) is 14.1. The summed E-state index contributed by atoms with van der Waals surface area (Å²) in [5.74, 6) is -0.703. The monoisotopic (exact) mass is 571 g/mol. The molecule has 216 valence electrons. The molecule has 13 heteroatoms. The highest BCUT2D eigenvalue weighted by Gasteiger charge is 2.23. The molecule has 12 nitrogen and oxygen atoms in total. The van der Waals surface area contributed by atoms with Crippen molar-refractivity contribution < 1.29 is 22.7 Å². The molecule has 40 heavy (non-hydrogen) atoms. The maximum atomic E-state index is 13.4. The standard InChI is InChI=1S/C27H37N7O5S/c1-16-22(34-14-21(31-33-34)25(36)29-15-26(2,3)4)10-17(13-28-16)24(35)30-19-11-18(27(5,6)7)12-20(23(19)39-8)32-40(9,37)38/h10-14,32H,15H2,1-9H3,(H,29,36)(H,30,35). The Morgan fingerprint density at radius 3 is 2.25 bits per heavy atom. The maximum Gasteiger partial charge on any atom is 0.273 e. The Balaban J connectivity index is 1.95. The minimum Gasteiger partial charge on any atom is -0.492 e. The lowest BCUT2D eigenvalue weighted by Gasteiger charge is -2.24. The molecule has 0 saturated heterocycles. The number of pyridine rings is 1. The van der Waals surface area contributed by atoms with Gasteiger partial charge in [-0.15, -0.1) is 5.10 Å². The minimum atomic E-state index is -3.62. The number of carbonyl (C=O) groups is 2. The number of rotatable bonds is 8. The van der Waals surface area contributed by atoms with E-state index in [2.05, 4.69) is 30.7 Å². The highest BCUT2D eigenvalue weighted by Crippen LogP contribution is 2.39. The van der Waals surface area contributed by atoms with Crippen LogP contribution in [0.2, 0.25) is 0 Å². The number of nitrogens with zero attached hydrogens (tertiary/aromatic N) is 4. The zero-order valence-corrected chi connectivity index (χ0v) is 25.1. The van der Waals surface area contributed by atoms with Crippen molar-refractivity contribution >= 4 is 33.2 Å². The van der Waals surface area contributed by atoms with Crippen LogP contribution in [0.25, 0.3) is 5.69 Å². The van der Waals surface area contributed by atoms with E-state index in [4.69, 9.17) is 4.74 Å². The number of methoxy groups -OCH3 is 1. The summed E-state index contributed by atoms with van der Waals surface area (Å²) in [7, 11) is -2.23. The Morgan fingerprint density at radius 1 is 1.02 bits per heavy atom. The van der Waals surface area contributed by atoms with Gasteiger partial charge in [-0.05, 0) is 41.5 Å². The lowest BCUT2D eigenvalue weighted by Crippen LogP contribution is -2.32. The third kappa shape index (κ3) is 7.78. The Morgan fingerprint density at radius 2 is 1.68 bits per heavy atom. The molecule has 3 rings (SSSR count). The van der Waals surface area contributed by atoms with Crippen LogP contribution in [0, 0.1) is 12.3 Å². The van der Waals surface area contributed by atoms with Crippen molar-refractivity contribution in [2.24, 2.45) is 5.41 Å². The smallest absolute Gasteiger partial charge is 0.273 e. The molecule has 0 aliphatic heterocycles. The molecule has 0 bridgehead atoms. The van der Waals surface area contributed by atoms with Crippen LogP contribution < -0.4 is 20.1 Å².